The number of aryl methyl sites for hydroxylation is 1. The summed E-state index contributed by atoms with van der Waals surface area (Å²) in [5.41, 5.74) is 3.82. The number of rotatable bonds is 5. The smallest absolute Gasteiger partial charge is 0.256 e. The van der Waals surface area contributed by atoms with Crippen LogP contribution in [0.2, 0.25) is 0 Å². The fourth-order valence-electron chi connectivity index (χ4n) is 3.51. The van der Waals surface area contributed by atoms with E-state index in [0.717, 1.165) is 17.7 Å². The fourth-order valence-corrected chi connectivity index (χ4v) is 4.44. The van der Waals surface area contributed by atoms with Crippen molar-refractivity contribution in [1.82, 2.24) is 0 Å². The summed E-state index contributed by atoms with van der Waals surface area (Å²) in [6, 6.07) is 19.4. The molecular weight excluding hydrogens is 399 g/mol. The highest BCUT2D eigenvalue weighted by atomic mass is 32.2. The van der Waals surface area contributed by atoms with Crippen LogP contribution in [-0.2, 0) is 11.2 Å². The van der Waals surface area contributed by atoms with E-state index in [9.17, 15) is 14.0 Å². The molecule has 0 fully saturated rings. The Morgan fingerprint density at radius 3 is 2.70 bits per heavy atom. The Kier molecular flexibility index (Phi) is 5.86. The SMILES string of the molecule is Cc1ccc(F)cc1NC(=O)c1ccccc1SCC(=O)N1CCc2ccccc21. The second-order valence-electron chi connectivity index (χ2n) is 7.12. The normalized spacial score (nSPS) is 12.5. The lowest BCUT2D eigenvalue weighted by molar-refractivity contribution is -0.116. The second kappa shape index (κ2) is 8.71. The number of nitrogens with one attached hydrogen (secondary N) is 1. The van der Waals surface area contributed by atoms with Crippen LogP contribution in [0, 0.1) is 12.7 Å². The molecule has 0 unspecified atom stereocenters. The first-order valence-electron chi connectivity index (χ1n) is 9.70. The first-order chi connectivity index (χ1) is 14.5. The molecule has 4 rings (SSSR count). The Morgan fingerprint density at radius 1 is 1.07 bits per heavy atom. The Morgan fingerprint density at radius 2 is 1.83 bits per heavy atom. The molecule has 6 heteroatoms. The van der Waals surface area contributed by atoms with Crippen molar-refractivity contribution >= 4 is 35.0 Å². The van der Waals surface area contributed by atoms with Gasteiger partial charge in [0.15, 0.2) is 0 Å². The molecule has 3 aromatic carbocycles. The van der Waals surface area contributed by atoms with Crippen LogP contribution in [0.15, 0.2) is 71.6 Å². The van der Waals surface area contributed by atoms with E-state index in [-0.39, 0.29) is 17.6 Å². The molecule has 1 N–H and O–H groups in total. The number of hydrogen-bond donors (Lipinski definition) is 1. The molecule has 1 heterocycles. The van der Waals surface area contributed by atoms with Crippen molar-refractivity contribution in [3.05, 3.63) is 89.2 Å². The summed E-state index contributed by atoms with van der Waals surface area (Å²) in [6.45, 7) is 2.49. The highest BCUT2D eigenvalue weighted by Crippen LogP contribution is 2.30. The van der Waals surface area contributed by atoms with Crippen molar-refractivity contribution in [2.45, 2.75) is 18.2 Å². The van der Waals surface area contributed by atoms with Gasteiger partial charge in [-0.25, -0.2) is 4.39 Å². The van der Waals surface area contributed by atoms with Crippen molar-refractivity contribution in [2.24, 2.45) is 0 Å². The monoisotopic (exact) mass is 420 g/mol. The molecule has 0 saturated heterocycles. The third kappa shape index (κ3) is 4.24. The number of thioether (sulfide) groups is 1. The zero-order valence-electron chi connectivity index (χ0n) is 16.5. The maximum Gasteiger partial charge on any atom is 0.256 e. The number of carbonyl (C=O) groups is 2. The summed E-state index contributed by atoms with van der Waals surface area (Å²) in [5.74, 6) is -0.487. The van der Waals surface area contributed by atoms with Crippen molar-refractivity contribution in [3.63, 3.8) is 0 Å². The summed E-state index contributed by atoms with van der Waals surface area (Å²) >= 11 is 1.34. The molecule has 1 aliphatic rings. The van der Waals surface area contributed by atoms with E-state index in [1.165, 1.54) is 29.5 Å². The predicted octanol–water partition coefficient (Wildman–Crippen LogP) is 5.07. The van der Waals surface area contributed by atoms with E-state index in [2.05, 4.69) is 5.32 Å². The number of fused-ring (bicyclic) bond motifs is 1. The van der Waals surface area contributed by atoms with Crippen molar-refractivity contribution in [2.75, 3.05) is 22.5 Å². The summed E-state index contributed by atoms with van der Waals surface area (Å²) in [4.78, 5) is 28.1. The number of halogens is 1. The molecule has 2 amide bonds. The Labute approximate surface area is 179 Å². The molecule has 4 nitrogen and oxygen atoms in total. The van der Waals surface area contributed by atoms with Gasteiger partial charge in [-0.15, -0.1) is 11.8 Å². The molecule has 0 aliphatic carbocycles. The number of carbonyl (C=O) groups excluding carboxylic acids is 2. The minimum atomic E-state index is -0.407. The largest absolute Gasteiger partial charge is 0.322 e. The summed E-state index contributed by atoms with van der Waals surface area (Å²) in [6.07, 6.45) is 0.860. The van der Waals surface area contributed by atoms with Crippen molar-refractivity contribution in [1.29, 1.82) is 0 Å². The second-order valence-corrected chi connectivity index (χ2v) is 8.14. The topological polar surface area (TPSA) is 49.4 Å². The van der Waals surface area contributed by atoms with Gasteiger partial charge in [0.2, 0.25) is 5.91 Å². The molecule has 152 valence electrons. The molecule has 0 radical (unpaired) electrons. The van der Waals surface area contributed by atoms with Crippen LogP contribution in [-0.4, -0.2) is 24.1 Å². The highest BCUT2D eigenvalue weighted by Gasteiger charge is 2.24. The summed E-state index contributed by atoms with van der Waals surface area (Å²) < 4.78 is 13.5. The van der Waals surface area contributed by atoms with Crippen LogP contribution < -0.4 is 10.2 Å². The average Bonchev–Trinajstić information content (AvgIpc) is 3.19. The third-order valence-corrected chi connectivity index (χ3v) is 6.18. The lowest BCUT2D eigenvalue weighted by atomic mass is 10.1. The van der Waals surface area contributed by atoms with Crippen molar-refractivity contribution in [3.8, 4) is 0 Å². The van der Waals surface area contributed by atoms with E-state index in [4.69, 9.17) is 0 Å². The van der Waals surface area contributed by atoms with Gasteiger partial charge in [0.1, 0.15) is 5.82 Å². The maximum atomic E-state index is 13.5. The number of hydrogen-bond acceptors (Lipinski definition) is 3. The van der Waals surface area contributed by atoms with E-state index >= 15 is 0 Å². The zero-order chi connectivity index (χ0) is 21.1. The molecule has 0 spiro atoms. The van der Waals surface area contributed by atoms with Gasteiger partial charge in [-0.1, -0.05) is 36.4 Å². The molecule has 0 aromatic heterocycles. The van der Waals surface area contributed by atoms with Crippen LogP contribution >= 0.6 is 11.8 Å². The molecular formula is C24H21FN2O2S. The predicted molar refractivity (Wildman–Crippen MR) is 119 cm³/mol. The maximum absolute atomic E-state index is 13.5. The first kappa shape index (κ1) is 20.2. The quantitative estimate of drug-likeness (QED) is 0.587. The Balaban J connectivity index is 1.47. The van der Waals surface area contributed by atoms with Crippen LogP contribution in [0.5, 0.6) is 0 Å². The number of anilines is 2. The van der Waals surface area contributed by atoms with Crippen LogP contribution in [0.4, 0.5) is 15.8 Å². The van der Waals surface area contributed by atoms with Crippen LogP contribution in [0.25, 0.3) is 0 Å². The number of para-hydroxylation sites is 1. The third-order valence-electron chi connectivity index (χ3n) is 5.12. The van der Waals surface area contributed by atoms with Gasteiger partial charge in [0.25, 0.3) is 5.91 Å². The molecule has 0 atom stereocenters. The Bertz CT molecular complexity index is 1120. The highest BCUT2D eigenvalue weighted by molar-refractivity contribution is 8.00. The van der Waals surface area contributed by atoms with E-state index in [1.54, 1.807) is 23.1 Å². The average molecular weight is 421 g/mol. The van der Waals surface area contributed by atoms with Gasteiger partial charge in [-0.3, -0.25) is 9.59 Å². The van der Waals surface area contributed by atoms with Gasteiger partial charge in [0.05, 0.1) is 11.3 Å². The molecule has 3 aromatic rings. The van der Waals surface area contributed by atoms with E-state index in [1.807, 2.05) is 43.3 Å². The number of amides is 2. The van der Waals surface area contributed by atoms with Crippen molar-refractivity contribution < 1.29 is 14.0 Å². The summed E-state index contributed by atoms with van der Waals surface area (Å²) in [5, 5.41) is 2.78. The van der Waals surface area contributed by atoms with E-state index < -0.39 is 5.82 Å². The number of benzene rings is 3. The molecule has 0 bridgehead atoms. The molecule has 30 heavy (non-hydrogen) atoms. The summed E-state index contributed by atoms with van der Waals surface area (Å²) in [7, 11) is 0. The fraction of sp³-hybridized carbons (Fsp3) is 0.167. The minimum absolute atomic E-state index is 0.0149. The van der Waals surface area contributed by atoms with E-state index in [0.29, 0.717) is 22.7 Å². The van der Waals surface area contributed by atoms with Gasteiger partial charge >= 0.3 is 0 Å². The lowest BCUT2D eigenvalue weighted by Gasteiger charge is -2.17. The first-order valence-corrected chi connectivity index (χ1v) is 10.7. The Hall–Kier alpha value is -3.12. The van der Waals surface area contributed by atoms with Crippen LogP contribution in [0.3, 0.4) is 0 Å². The van der Waals surface area contributed by atoms with Crippen LogP contribution in [0.1, 0.15) is 21.5 Å². The number of nitrogens with zero attached hydrogens (tertiary/aromatic N) is 1. The van der Waals surface area contributed by atoms with Gasteiger partial charge in [-0.2, -0.15) is 0 Å². The minimum Gasteiger partial charge on any atom is -0.322 e. The van der Waals surface area contributed by atoms with Gasteiger partial charge in [-0.05, 0) is 54.8 Å². The lowest BCUT2D eigenvalue weighted by Crippen LogP contribution is -2.30. The molecule has 0 saturated carbocycles. The standard InChI is InChI=1S/C24H21FN2O2S/c1-16-10-11-18(25)14-20(16)26-24(29)19-7-3-5-9-22(19)30-15-23(28)27-13-12-17-6-2-4-8-21(17)27/h2-11,14H,12-13,15H2,1H3,(H,26,29). The zero-order valence-corrected chi connectivity index (χ0v) is 17.3. The van der Waals surface area contributed by atoms with Gasteiger partial charge in [0, 0.05) is 22.8 Å². The molecule has 1 aliphatic heterocycles. The van der Waals surface area contributed by atoms with Gasteiger partial charge < -0.3 is 10.2 Å².